The molecule has 2 aromatic rings. The second kappa shape index (κ2) is 3.21. The largest absolute Gasteiger partial charge is 0.227 e. The number of nitrogens with zero attached hydrogens (tertiary/aromatic N) is 4. The number of imidazole rings is 1. The van der Waals surface area contributed by atoms with Crippen LogP contribution in [-0.2, 0) is 0 Å². The van der Waals surface area contributed by atoms with Gasteiger partial charge in [0.25, 0.3) is 0 Å². The molecule has 0 N–H and O–H groups in total. The maximum atomic E-state index is 8.82. The lowest BCUT2D eigenvalue weighted by Gasteiger charge is -1.98. The van der Waals surface area contributed by atoms with Crippen molar-refractivity contribution in [2.24, 2.45) is 0 Å². The lowest BCUT2D eigenvalue weighted by Crippen LogP contribution is -2.13. The number of nitriles is 1. The van der Waals surface area contributed by atoms with E-state index in [-0.39, 0.29) is 0 Å². The Morgan fingerprint density at radius 1 is 1.53 bits per heavy atom. The van der Waals surface area contributed by atoms with Crippen LogP contribution in [0.1, 0.15) is 11.4 Å². The Hall–Kier alpha value is -2.15. The fraction of sp³-hybridized carbons (Fsp3) is 0.182. The smallest absolute Gasteiger partial charge is 0.167 e. The molecule has 0 saturated heterocycles. The summed E-state index contributed by atoms with van der Waals surface area (Å²) >= 11 is 0. The van der Waals surface area contributed by atoms with Gasteiger partial charge in [-0.1, -0.05) is 0 Å². The highest BCUT2D eigenvalue weighted by Gasteiger charge is 2.12. The highest BCUT2D eigenvalue weighted by atomic mass is 15.5. The third kappa shape index (κ3) is 1.38. The molecule has 4 nitrogen and oxygen atoms in total. The number of aromatic nitrogens is 2. The lowest BCUT2D eigenvalue weighted by atomic mass is 10.2. The van der Waals surface area contributed by atoms with E-state index in [1.165, 1.54) is 0 Å². The standard InChI is InChI=1S/C11H11N4/c1-8-13-10-5-4-9(7-12)6-11(10)15(8)14(2)3/h4-6H,2H2,1,3H3/q+1. The molecule has 0 amide bonds. The minimum atomic E-state index is 0.630. The van der Waals surface area contributed by atoms with E-state index in [4.69, 9.17) is 5.26 Å². The zero-order valence-corrected chi connectivity index (χ0v) is 8.73. The van der Waals surface area contributed by atoms with Gasteiger partial charge < -0.3 is 0 Å². The third-order valence-corrected chi connectivity index (χ3v) is 2.26. The van der Waals surface area contributed by atoms with Crippen LogP contribution < -0.4 is 0 Å². The second-order valence-electron chi connectivity index (χ2n) is 3.44. The number of hydrogen-bond acceptors (Lipinski definition) is 2. The van der Waals surface area contributed by atoms with Crippen LogP contribution in [0.4, 0.5) is 0 Å². The van der Waals surface area contributed by atoms with Gasteiger partial charge in [0.15, 0.2) is 19.6 Å². The van der Waals surface area contributed by atoms with Crippen LogP contribution in [0.2, 0.25) is 0 Å². The van der Waals surface area contributed by atoms with Crippen molar-refractivity contribution in [3.05, 3.63) is 29.6 Å². The molecule has 4 heteroatoms. The van der Waals surface area contributed by atoms with Crippen LogP contribution in [0.15, 0.2) is 18.2 Å². The van der Waals surface area contributed by atoms with Gasteiger partial charge in [-0.05, 0) is 25.1 Å². The molecule has 0 aliphatic heterocycles. The maximum Gasteiger partial charge on any atom is 0.167 e. The molecule has 74 valence electrons. The fourth-order valence-electron chi connectivity index (χ4n) is 1.68. The van der Waals surface area contributed by atoms with Crippen molar-refractivity contribution < 1.29 is 4.68 Å². The van der Waals surface area contributed by atoms with E-state index < -0.39 is 0 Å². The molecule has 1 aromatic heterocycles. The van der Waals surface area contributed by atoms with Gasteiger partial charge in [0.05, 0.1) is 17.1 Å². The van der Waals surface area contributed by atoms with E-state index in [0.717, 1.165) is 16.9 Å². The predicted molar refractivity (Wildman–Crippen MR) is 57.9 cm³/mol. The van der Waals surface area contributed by atoms with Crippen LogP contribution in [0.25, 0.3) is 11.0 Å². The van der Waals surface area contributed by atoms with Crippen LogP contribution >= 0.6 is 0 Å². The summed E-state index contributed by atoms with van der Waals surface area (Å²) in [5, 5.41) is 8.82. The SMILES string of the molecule is C=[N+](C)n1c(C)nc2ccc(C#N)cc21. The Bertz CT molecular complexity index is 586. The molecule has 0 spiro atoms. The van der Waals surface area contributed by atoms with Crippen molar-refractivity contribution in [2.75, 3.05) is 7.05 Å². The van der Waals surface area contributed by atoms with Gasteiger partial charge in [0.1, 0.15) is 5.52 Å². The van der Waals surface area contributed by atoms with Crippen molar-refractivity contribution in [3.63, 3.8) is 0 Å². The quantitative estimate of drug-likeness (QED) is 0.513. The van der Waals surface area contributed by atoms with E-state index in [1.807, 2.05) is 30.8 Å². The lowest BCUT2D eigenvalue weighted by molar-refractivity contribution is -0.546. The molecule has 0 radical (unpaired) electrons. The molecule has 1 heterocycles. The van der Waals surface area contributed by atoms with Gasteiger partial charge >= 0.3 is 0 Å². The monoisotopic (exact) mass is 199 g/mol. The highest BCUT2D eigenvalue weighted by molar-refractivity contribution is 5.77. The average molecular weight is 199 g/mol. The maximum absolute atomic E-state index is 8.82. The second-order valence-corrected chi connectivity index (χ2v) is 3.44. The predicted octanol–water partition coefficient (Wildman–Crippen LogP) is 1.32. The highest BCUT2D eigenvalue weighted by Crippen LogP contribution is 2.16. The van der Waals surface area contributed by atoms with Crippen LogP contribution in [0.3, 0.4) is 0 Å². The van der Waals surface area contributed by atoms with E-state index >= 15 is 0 Å². The number of fused-ring (bicyclic) bond motifs is 1. The van der Waals surface area contributed by atoms with Gasteiger partial charge in [0, 0.05) is 0 Å². The first-order chi connectivity index (χ1) is 7.13. The van der Waals surface area contributed by atoms with E-state index in [1.54, 1.807) is 10.8 Å². The zero-order valence-electron chi connectivity index (χ0n) is 8.73. The topological polar surface area (TPSA) is 44.6 Å². The fourth-order valence-corrected chi connectivity index (χ4v) is 1.68. The molecule has 15 heavy (non-hydrogen) atoms. The number of aryl methyl sites for hydroxylation is 1. The van der Waals surface area contributed by atoms with Gasteiger partial charge in [-0.15, -0.1) is 9.36 Å². The molecule has 0 aliphatic carbocycles. The Morgan fingerprint density at radius 3 is 2.87 bits per heavy atom. The van der Waals surface area contributed by atoms with Gasteiger partial charge in [-0.2, -0.15) is 5.26 Å². The molecular formula is C11H11N4+. The van der Waals surface area contributed by atoms with Crippen LogP contribution in [0, 0.1) is 18.3 Å². The van der Waals surface area contributed by atoms with E-state index in [9.17, 15) is 0 Å². The van der Waals surface area contributed by atoms with E-state index in [0.29, 0.717) is 5.56 Å². The molecule has 0 aliphatic rings. The first-order valence-corrected chi connectivity index (χ1v) is 4.57. The minimum Gasteiger partial charge on any atom is -0.227 e. The first-order valence-electron chi connectivity index (χ1n) is 4.57. The summed E-state index contributed by atoms with van der Waals surface area (Å²) in [6, 6.07) is 7.55. The molecule has 0 saturated carbocycles. The van der Waals surface area contributed by atoms with E-state index in [2.05, 4.69) is 17.8 Å². The summed E-state index contributed by atoms with van der Waals surface area (Å²) in [6.07, 6.45) is 0. The Labute approximate surface area is 87.7 Å². The zero-order chi connectivity index (χ0) is 11.0. The van der Waals surface area contributed by atoms with Crippen molar-refractivity contribution in [1.29, 1.82) is 5.26 Å². The normalized spacial score (nSPS) is 10.2. The number of benzene rings is 1. The number of hydrogen-bond donors (Lipinski definition) is 0. The molecule has 2 rings (SSSR count). The summed E-state index contributed by atoms with van der Waals surface area (Å²) in [5.41, 5.74) is 2.41. The molecule has 0 fully saturated rings. The minimum absolute atomic E-state index is 0.630. The third-order valence-electron chi connectivity index (χ3n) is 2.26. The van der Waals surface area contributed by atoms with Crippen molar-refractivity contribution in [2.45, 2.75) is 6.92 Å². The van der Waals surface area contributed by atoms with Crippen LogP contribution in [-0.4, -0.2) is 28.1 Å². The number of rotatable bonds is 1. The first kappa shape index (κ1) is 9.41. The van der Waals surface area contributed by atoms with Crippen molar-refractivity contribution in [3.8, 4) is 6.07 Å². The molecule has 0 unspecified atom stereocenters. The average Bonchev–Trinajstić information content (AvgIpc) is 2.52. The van der Waals surface area contributed by atoms with Gasteiger partial charge in [0.2, 0.25) is 0 Å². The molecule has 0 atom stereocenters. The summed E-state index contributed by atoms with van der Waals surface area (Å²) in [5.74, 6) is 0.859. The summed E-state index contributed by atoms with van der Waals surface area (Å²) < 4.78 is 3.57. The van der Waals surface area contributed by atoms with Crippen molar-refractivity contribution >= 4 is 17.8 Å². The van der Waals surface area contributed by atoms with Gasteiger partial charge in [-0.3, -0.25) is 0 Å². The molecule has 0 bridgehead atoms. The summed E-state index contributed by atoms with van der Waals surface area (Å²) in [4.78, 5) is 4.38. The molecule has 1 aromatic carbocycles. The Kier molecular flexibility index (Phi) is 2.01. The van der Waals surface area contributed by atoms with Crippen molar-refractivity contribution in [1.82, 2.24) is 9.66 Å². The summed E-state index contributed by atoms with van der Waals surface area (Å²) in [7, 11) is 1.84. The Balaban J connectivity index is 2.85. The summed E-state index contributed by atoms with van der Waals surface area (Å²) in [6.45, 7) is 5.73. The Morgan fingerprint density at radius 2 is 2.27 bits per heavy atom. The van der Waals surface area contributed by atoms with Crippen LogP contribution in [0.5, 0.6) is 0 Å². The molecular weight excluding hydrogens is 188 g/mol. The van der Waals surface area contributed by atoms with Gasteiger partial charge in [-0.25, -0.2) is 4.98 Å².